The quantitative estimate of drug-likeness (QED) is 0.734. The largest absolute Gasteiger partial charge is 0.379 e. The number of amides is 1. The van der Waals surface area contributed by atoms with E-state index in [0.717, 1.165) is 44.2 Å². The van der Waals surface area contributed by atoms with Gasteiger partial charge in [0.15, 0.2) is 0 Å². The van der Waals surface area contributed by atoms with Crippen molar-refractivity contribution in [2.75, 3.05) is 20.2 Å². The van der Waals surface area contributed by atoms with Gasteiger partial charge in [-0.3, -0.25) is 4.79 Å². The maximum Gasteiger partial charge on any atom is 0.225 e. The molecule has 0 aromatic heterocycles. The van der Waals surface area contributed by atoms with Gasteiger partial charge in [0.05, 0.1) is 6.10 Å². The van der Waals surface area contributed by atoms with Crippen LogP contribution >= 0.6 is 0 Å². The smallest absolute Gasteiger partial charge is 0.225 e. The van der Waals surface area contributed by atoms with Crippen molar-refractivity contribution in [3.8, 4) is 0 Å². The Balaban J connectivity index is 1.58. The molecule has 1 heterocycles. The van der Waals surface area contributed by atoms with Crippen molar-refractivity contribution in [3.63, 3.8) is 0 Å². The van der Waals surface area contributed by atoms with Crippen LogP contribution < -0.4 is 0 Å². The number of nitrogens with zero attached hydrogens (tertiary/aromatic N) is 1. The Morgan fingerprint density at radius 2 is 1.94 bits per heavy atom. The van der Waals surface area contributed by atoms with Crippen molar-refractivity contribution in [1.82, 2.24) is 4.90 Å². The van der Waals surface area contributed by atoms with E-state index in [1.807, 2.05) is 0 Å². The Bertz CT molecular complexity index is 307. The number of ether oxygens (including phenoxy) is 1. The van der Waals surface area contributed by atoms with E-state index < -0.39 is 0 Å². The molecule has 1 aliphatic heterocycles. The first kappa shape index (κ1) is 11.5. The molecule has 0 aromatic carbocycles. The molecule has 0 spiro atoms. The molecule has 96 valence electrons. The third-order valence-corrected chi connectivity index (χ3v) is 5.10. The summed E-state index contributed by atoms with van der Waals surface area (Å²) in [5, 5.41) is 0. The Hall–Kier alpha value is -0.570. The normalized spacial score (nSPS) is 44.6. The van der Waals surface area contributed by atoms with Gasteiger partial charge >= 0.3 is 0 Å². The fraction of sp³-hybridized carbons (Fsp3) is 0.929. The molecular formula is C14H23NO2. The molecule has 3 nitrogen and oxygen atoms in total. The van der Waals surface area contributed by atoms with Crippen LogP contribution in [0, 0.1) is 23.7 Å². The van der Waals surface area contributed by atoms with Crippen LogP contribution in [0.15, 0.2) is 0 Å². The highest BCUT2D eigenvalue weighted by Crippen LogP contribution is 2.54. The molecule has 0 N–H and O–H groups in total. The van der Waals surface area contributed by atoms with E-state index in [1.54, 1.807) is 7.11 Å². The molecule has 3 aliphatic rings. The van der Waals surface area contributed by atoms with Crippen LogP contribution in [0.5, 0.6) is 0 Å². The van der Waals surface area contributed by atoms with E-state index in [2.05, 4.69) is 11.8 Å². The van der Waals surface area contributed by atoms with Crippen molar-refractivity contribution < 1.29 is 9.53 Å². The number of hydrogen-bond acceptors (Lipinski definition) is 2. The van der Waals surface area contributed by atoms with Crippen LogP contribution in [0.25, 0.3) is 0 Å². The summed E-state index contributed by atoms with van der Waals surface area (Å²) in [6.45, 7) is 3.97. The minimum atomic E-state index is 0.239. The molecule has 4 atom stereocenters. The summed E-state index contributed by atoms with van der Waals surface area (Å²) in [7, 11) is 1.76. The van der Waals surface area contributed by atoms with E-state index in [0.29, 0.717) is 17.7 Å². The van der Waals surface area contributed by atoms with Crippen molar-refractivity contribution in [1.29, 1.82) is 0 Å². The molecule has 4 unspecified atom stereocenters. The Morgan fingerprint density at radius 1 is 1.24 bits per heavy atom. The average Bonchev–Trinajstić information content (AvgIpc) is 2.96. The molecule has 3 heteroatoms. The third-order valence-electron chi connectivity index (χ3n) is 5.10. The zero-order valence-corrected chi connectivity index (χ0v) is 10.9. The Kier molecular flexibility index (Phi) is 2.89. The second-order valence-corrected chi connectivity index (χ2v) is 6.25. The van der Waals surface area contributed by atoms with Crippen LogP contribution in [-0.2, 0) is 9.53 Å². The average molecular weight is 237 g/mol. The topological polar surface area (TPSA) is 29.5 Å². The first-order valence-electron chi connectivity index (χ1n) is 7.00. The van der Waals surface area contributed by atoms with E-state index in [-0.39, 0.29) is 6.10 Å². The highest BCUT2D eigenvalue weighted by Gasteiger charge is 2.49. The number of methoxy groups -OCH3 is 1. The van der Waals surface area contributed by atoms with Gasteiger partial charge in [0.2, 0.25) is 5.91 Å². The number of likely N-dealkylation sites (tertiary alicyclic amines) is 1. The van der Waals surface area contributed by atoms with Crippen LogP contribution in [0.2, 0.25) is 0 Å². The van der Waals surface area contributed by atoms with Crippen LogP contribution in [0.3, 0.4) is 0 Å². The number of rotatable bonds is 2. The summed E-state index contributed by atoms with van der Waals surface area (Å²) in [6, 6.07) is 0. The molecule has 1 saturated heterocycles. The van der Waals surface area contributed by atoms with E-state index in [4.69, 9.17) is 4.74 Å². The molecule has 3 rings (SSSR count). The lowest BCUT2D eigenvalue weighted by atomic mass is 9.93. The minimum absolute atomic E-state index is 0.239. The van der Waals surface area contributed by atoms with Gasteiger partial charge in [-0.1, -0.05) is 6.92 Å². The zero-order valence-electron chi connectivity index (χ0n) is 10.9. The minimum Gasteiger partial charge on any atom is -0.379 e. The second-order valence-electron chi connectivity index (χ2n) is 6.25. The van der Waals surface area contributed by atoms with Crippen LogP contribution in [-0.4, -0.2) is 37.1 Å². The van der Waals surface area contributed by atoms with Crippen LogP contribution in [0.4, 0.5) is 0 Å². The predicted molar refractivity (Wildman–Crippen MR) is 65.5 cm³/mol. The van der Waals surface area contributed by atoms with Gasteiger partial charge in [-0.05, 0) is 43.4 Å². The van der Waals surface area contributed by atoms with Gasteiger partial charge < -0.3 is 9.64 Å². The van der Waals surface area contributed by atoms with Gasteiger partial charge in [0.1, 0.15) is 0 Å². The SMILES string of the molecule is COC1CN(C(=O)C2CC3CC3C2)CCC1C. The summed E-state index contributed by atoms with van der Waals surface area (Å²) < 4.78 is 5.48. The second kappa shape index (κ2) is 4.27. The highest BCUT2D eigenvalue weighted by atomic mass is 16.5. The Morgan fingerprint density at radius 3 is 2.59 bits per heavy atom. The number of piperidine rings is 1. The predicted octanol–water partition coefficient (Wildman–Crippen LogP) is 1.92. The van der Waals surface area contributed by atoms with Crippen LogP contribution in [0.1, 0.15) is 32.6 Å². The van der Waals surface area contributed by atoms with Crippen molar-refractivity contribution in [2.45, 2.75) is 38.7 Å². The molecule has 2 saturated carbocycles. The maximum atomic E-state index is 12.4. The molecular weight excluding hydrogens is 214 g/mol. The van der Waals surface area contributed by atoms with Gasteiger partial charge in [-0.25, -0.2) is 0 Å². The monoisotopic (exact) mass is 237 g/mol. The summed E-state index contributed by atoms with van der Waals surface area (Å²) >= 11 is 0. The van der Waals surface area contributed by atoms with E-state index >= 15 is 0 Å². The van der Waals surface area contributed by atoms with E-state index in [1.165, 1.54) is 6.42 Å². The molecule has 17 heavy (non-hydrogen) atoms. The standard InChI is InChI=1S/C14H23NO2/c1-9-3-4-15(8-13(9)17-2)14(16)12-6-10-5-11(10)7-12/h9-13H,3-8H2,1-2H3. The number of hydrogen-bond donors (Lipinski definition) is 0. The van der Waals surface area contributed by atoms with Gasteiger partial charge in [0.25, 0.3) is 0 Å². The summed E-state index contributed by atoms with van der Waals surface area (Å²) in [6.07, 6.45) is 5.04. The van der Waals surface area contributed by atoms with Gasteiger partial charge in [-0.15, -0.1) is 0 Å². The summed E-state index contributed by atoms with van der Waals surface area (Å²) in [5.41, 5.74) is 0. The maximum absolute atomic E-state index is 12.4. The van der Waals surface area contributed by atoms with E-state index in [9.17, 15) is 4.79 Å². The first-order valence-corrected chi connectivity index (χ1v) is 7.00. The highest BCUT2D eigenvalue weighted by molar-refractivity contribution is 5.79. The molecule has 0 aromatic rings. The molecule has 1 amide bonds. The number of carbonyl (C=O) groups is 1. The van der Waals surface area contributed by atoms with Crippen molar-refractivity contribution >= 4 is 5.91 Å². The zero-order chi connectivity index (χ0) is 12.0. The Labute approximate surface area is 104 Å². The lowest BCUT2D eigenvalue weighted by Crippen LogP contribution is -2.48. The van der Waals surface area contributed by atoms with Gasteiger partial charge in [-0.2, -0.15) is 0 Å². The fourth-order valence-electron chi connectivity index (χ4n) is 3.72. The lowest BCUT2D eigenvalue weighted by Gasteiger charge is -2.37. The number of fused-ring (bicyclic) bond motifs is 1. The van der Waals surface area contributed by atoms with Gasteiger partial charge in [0, 0.05) is 26.1 Å². The molecule has 3 fully saturated rings. The summed E-state index contributed by atoms with van der Waals surface area (Å²) in [4.78, 5) is 14.5. The first-order chi connectivity index (χ1) is 8.19. The van der Waals surface area contributed by atoms with Crippen molar-refractivity contribution in [2.24, 2.45) is 23.7 Å². The molecule has 2 aliphatic carbocycles. The summed E-state index contributed by atoms with van der Waals surface area (Å²) in [5.74, 6) is 3.12. The fourth-order valence-corrected chi connectivity index (χ4v) is 3.72. The third kappa shape index (κ3) is 2.10. The molecule has 0 radical (unpaired) electrons. The molecule has 0 bridgehead atoms. The van der Waals surface area contributed by atoms with Crippen molar-refractivity contribution in [3.05, 3.63) is 0 Å². The number of carbonyl (C=O) groups excluding carboxylic acids is 1. The lowest BCUT2D eigenvalue weighted by molar-refractivity contribution is -0.140.